The molecular formula is C10H9F4N3O2. The number of nitrogens with two attached hydrogens (primary N) is 1. The highest BCUT2D eigenvalue weighted by atomic mass is 19.4. The Labute approximate surface area is 105 Å². The van der Waals surface area contributed by atoms with E-state index in [1.54, 1.807) is 0 Å². The molecule has 1 aromatic carbocycles. The Morgan fingerprint density at radius 3 is 2.47 bits per heavy atom. The number of alkyl halides is 3. The van der Waals surface area contributed by atoms with E-state index < -0.39 is 39.8 Å². The minimum absolute atomic E-state index is 0.0296. The van der Waals surface area contributed by atoms with Crippen LogP contribution < -0.4 is 10.9 Å². The summed E-state index contributed by atoms with van der Waals surface area (Å²) < 4.78 is 55.6. The van der Waals surface area contributed by atoms with E-state index in [0.717, 1.165) is 7.11 Å². The number of esters is 1. The summed E-state index contributed by atoms with van der Waals surface area (Å²) in [5.41, 5.74) is 1.97. The molecule has 0 saturated heterocycles. The van der Waals surface area contributed by atoms with Gasteiger partial charge in [0.2, 0.25) is 0 Å². The second-order valence-electron chi connectivity index (χ2n) is 3.39. The number of anilines is 2. The van der Waals surface area contributed by atoms with Crippen LogP contribution in [0, 0.1) is 5.41 Å². The molecule has 0 spiro atoms. The molecule has 0 amide bonds. The molecule has 0 saturated carbocycles. The average Bonchev–Trinajstić information content (AvgIpc) is 2.35. The quantitative estimate of drug-likeness (QED) is 0.222. The second kappa shape index (κ2) is 5.12. The van der Waals surface area contributed by atoms with Crippen molar-refractivity contribution in [2.24, 2.45) is 0 Å². The maximum Gasteiger partial charge on any atom is 0.418 e. The zero-order valence-electron chi connectivity index (χ0n) is 9.58. The van der Waals surface area contributed by atoms with E-state index in [9.17, 15) is 22.4 Å². The minimum Gasteiger partial charge on any atom is -0.465 e. The van der Waals surface area contributed by atoms with Gasteiger partial charge in [-0.2, -0.15) is 18.3 Å². The molecule has 0 aliphatic carbocycles. The van der Waals surface area contributed by atoms with Gasteiger partial charge in [0.25, 0.3) is 0 Å². The molecule has 0 radical (unpaired) electrons. The smallest absolute Gasteiger partial charge is 0.418 e. The molecule has 0 fully saturated rings. The topological polar surface area (TPSA) is 79.4 Å². The summed E-state index contributed by atoms with van der Waals surface area (Å²) in [6, 6.07) is 0.993. The van der Waals surface area contributed by atoms with Crippen LogP contribution in [0.2, 0.25) is 0 Å². The molecule has 0 bridgehead atoms. The summed E-state index contributed by atoms with van der Waals surface area (Å²) in [5, 5.41) is 6.06. The van der Waals surface area contributed by atoms with Gasteiger partial charge >= 0.3 is 12.1 Å². The minimum atomic E-state index is -4.88. The maximum atomic E-state index is 13.2. The highest BCUT2D eigenvalue weighted by Crippen LogP contribution is 2.39. The number of ether oxygens (including phenoxy) is 1. The molecule has 0 aliphatic rings. The molecule has 0 aliphatic heterocycles. The van der Waals surface area contributed by atoms with Crippen molar-refractivity contribution in [2.75, 3.05) is 18.0 Å². The van der Waals surface area contributed by atoms with Gasteiger partial charge in [0.1, 0.15) is 6.34 Å². The molecule has 0 heterocycles. The molecule has 19 heavy (non-hydrogen) atoms. The number of carbonyl (C=O) groups is 1. The summed E-state index contributed by atoms with van der Waals surface area (Å²) in [5.74, 6) is -1.01. The van der Waals surface area contributed by atoms with Crippen LogP contribution in [0.15, 0.2) is 12.1 Å². The van der Waals surface area contributed by atoms with Crippen molar-refractivity contribution in [3.63, 3.8) is 0 Å². The van der Waals surface area contributed by atoms with Crippen LogP contribution in [0.3, 0.4) is 0 Å². The average molecular weight is 279 g/mol. The van der Waals surface area contributed by atoms with Crippen molar-refractivity contribution >= 4 is 23.7 Å². The largest absolute Gasteiger partial charge is 0.465 e. The normalized spacial score (nSPS) is 11.0. The third-order valence-corrected chi connectivity index (χ3v) is 2.22. The van der Waals surface area contributed by atoms with Crippen LogP contribution in [0.1, 0.15) is 15.9 Å². The molecule has 3 N–H and O–H groups in total. The predicted molar refractivity (Wildman–Crippen MR) is 59.6 cm³/mol. The fraction of sp³-hybridized carbons (Fsp3) is 0.200. The van der Waals surface area contributed by atoms with Gasteiger partial charge < -0.3 is 10.5 Å². The third kappa shape index (κ3) is 2.92. The number of benzene rings is 1. The lowest BCUT2D eigenvalue weighted by Crippen LogP contribution is -2.18. The lowest BCUT2D eigenvalue weighted by atomic mass is 10.1. The van der Waals surface area contributed by atoms with Gasteiger partial charge in [0, 0.05) is 5.69 Å². The Hall–Kier alpha value is -2.32. The second-order valence-corrected chi connectivity index (χ2v) is 3.39. The highest BCUT2D eigenvalue weighted by Gasteiger charge is 2.36. The van der Waals surface area contributed by atoms with Gasteiger partial charge in [0.15, 0.2) is 0 Å². The fourth-order valence-corrected chi connectivity index (χ4v) is 1.37. The van der Waals surface area contributed by atoms with Gasteiger partial charge in [-0.05, 0) is 12.1 Å². The predicted octanol–water partition coefficient (Wildman–Crippen LogP) is 2.37. The van der Waals surface area contributed by atoms with Gasteiger partial charge in [-0.15, -0.1) is 0 Å². The Morgan fingerprint density at radius 2 is 2.05 bits per heavy atom. The molecule has 1 aromatic rings. The zero-order valence-corrected chi connectivity index (χ0v) is 9.58. The number of carbonyl (C=O) groups excluding carboxylic acids is 1. The van der Waals surface area contributed by atoms with Crippen LogP contribution in [-0.4, -0.2) is 19.4 Å². The van der Waals surface area contributed by atoms with Gasteiger partial charge in [0.05, 0.1) is 23.9 Å². The Balaban J connectivity index is 3.54. The first-order valence-electron chi connectivity index (χ1n) is 4.77. The van der Waals surface area contributed by atoms with Gasteiger partial charge in [-0.25, -0.2) is 4.79 Å². The number of nitrogens with one attached hydrogen (secondary N) is 1. The van der Waals surface area contributed by atoms with E-state index in [1.807, 2.05) is 0 Å². The Morgan fingerprint density at radius 1 is 1.47 bits per heavy atom. The molecule has 104 valence electrons. The Bertz CT molecular complexity index is 516. The third-order valence-electron chi connectivity index (χ3n) is 2.22. The van der Waals surface area contributed by atoms with E-state index in [-0.39, 0.29) is 6.34 Å². The van der Waals surface area contributed by atoms with E-state index in [4.69, 9.17) is 11.1 Å². The number of methoxy groups -OCH3 is 1. The highest BCUT2D eigenvalue weighted by molar-refractivity contribution is 5.97. The molecule has 0 unspecified atom stereocenters. The van der Waals surface area contributed by atoms with Crippen LogP contribution >= 0.6 is 0 Å². The number of nitrogen functional groups attached to an aromatic ring is 1. The lowest BCUT2D eigenvalue weighted by Gasteiger charge is -2.17. The van der Waals surface area contributed by atoms with E-state index >= 15 is 0 Å². The molecule has 5 nitrogen and oxygen atoms in total. The Kier molecular flexibility index (Phi) is 3.98. The first kappa shape index (κ1) is 14.7. The van der Waals surface area contributed by atoms with Crippen LogP contribution in [-0.2, 0) is 10.9 Å². The molecule has 9 heteroatoms. The summed E-state index contributed by atoms with van der Waals surface area (Å²) in [4.78, 5) is 11.3. The van der Waals surface area contributed by atoms with Crippen LogP contribution in [0.25, 0.3) is 0 Å². The monoisotopic (exact) mass is 279 g/mol. The van der Waals surface area contributed by atoms with Crippen LogP contribution in [0.4, 0.5) is 29.0 Å². The molecule has 1 rings (SSSR count). The van der Waals surface area contributed by atoms with Crippen molar-refractivity contribution in [2.45, 2.75) is 6.18 Å². The molecular weight excluding hydrogens is 270 g/mol. The number of nitrogens with zero attached hydrogens (tertiary/aromatic N) is 1. The van der Waals surface area contributed by atoms with Crippen molar-refractivity contribution in [1.29, 1.82) is 5.41 Å². The zero-order chi connectivity index (χ0) is 14.8. The molecule has 0 aromatic heterocycles. The first-order chi connectivity index (χ1) is 8.72. The van der Waals surface area contributed by atoms with Gasteiger partial charge in [-0.3, -0.25) is 5.41 Å². The van der Waals surface area contributed by atoms with E-state index in [0.29, 0.717) is 12.1 Å². The van der Waals surface area contributed by atoms with Crippen molar-refractivity contribution < 1.29 is 27.2 Å². The van der Waals surface area contributed by atoms with Crippen LogP contribution in [0.5, 0.6) is 0 Å². The van der Waals surface area contributed by atoms with E-state index in [2.05, 4.69) is 4.74 Å². The summed E-state index contributed by atoms with van der Waals surface area (Å²) in [6.45, 7) is 0. The summed E-state index contributed by atoms with van der Waals surface area (Å²) >= 11 is 0. The number of rotatable bonds is 3. The number of hydrogen-bond donors (Lipinski definition) is 2. The van der Waals surface area contributed by atoms with Crippen molar-refractivity contribution in [1.82, 2.24) is 0 Å². The standard InChI is InChI=1S/C10H9F4N3O2/c1-19-9(18)5-2-8(17(14)4-15)6(3-7(5)16)10(11,12)13/h2-4,15H,16H2,1H3. The SMILES string of the molecule is COC(=O)c1cc(N(F)C=N)c(C(F)(F)F)cc1N. The lowest BCUT2D eigenvalue weighted by molar-refractivity contribution is -0.137. The fourth-order valence-electron chi connectivity index (χ4n) is 1.37. The summed E-state index contributed by atoms with van der Waals surface area (Å²) in [7, 11) is 1.00. The summed E-state index contributed by atoms with van der Waals surface area (Å²) in [6.07, 6.45) is -4.85. The first-order valence-corrected chi connectivity index (χ1v) is 4.77. The molecule has 0 atom stereocenters. The van der Waals surface area contributed by atoms with Crippen molar-refractivity contribution in [3.05, 3.63) is 23.3 Å². The van der Waals surface area contributed by atoms with E-state index in [1.165, 1.54) is 0 Å². The number of hydrogen-bond acceptors (Lipinski definition) is 4. The number of halogens is 4. The maximum absolute atomic E-state index is 13.2. The van der Waals surface area contributed by atoms with Gasteiger partial charge in [-0.1, -0.05) is 4.48 Å². The van der Waals surface area contributed by atoms with Crippen molar-refractivity contribution in [3.8, 4) is 0 Å².